The Labute approximate surface area is 140 Å². The number of furan rings is 1. The molecule has 0 N–H and O–H groups in total. The lowest BCUT2D eigenvalue weighted by molar-refractivity contribution is -0.149. The first kappa shape index (κ1) is 15.7. The van der Waals surface area contributed by atoms with E-state index in [0.717, 1.165) is 25.7 Å². The van der Waals surface area contributed by atoms with Crippen molar-refractivity contribution >= 4 is 11.8 Å². The van der Waals surface area contributed by atoms with Crippen LogP contribution in [0.5, 0.6) is 0 Å². The monoisotopic (exact) mass is 334 g/mol. The fourth-order valence-corrected chi connectivity index (χ4v) is 4.36. The molecular formula is C18H23FN2O3. The first-order chi connectivity index (χ1) is 11.5. The lowest BCUT2D eigenvalue weighted by Crippen LogP contribution is -2.52. The number of nitrogens with zero attached hydrogens (tertiary/aromatic N) is 2. The van der Waals surface area contributed by atoms with Gasteiger partial charge in [0, 0.05) is 31.6 Å². The van der Waals surface area contributed by atoms with Crippen molar-refractivity contribution in [1.29, 1.82) is 0 Å². The molecule has 5 nitrogen and oxygen atoms in total. The molecule has 1 spiro atoms. The summed E-state index contributed by atoms with van der Waals surface area (Å²) < 4.78 is 19.7. The first-order valence-electron chi connectivity index (χ1n) is 8.83. The van der Waals surface area contributed by atoms with Crippen LogP contribution in [-0.2, 0) is 4.79 Å². The number of likely N-dealkylation sites (tertiary alicyclic amines) is 2. The summed E-state index contributed by atoms with van der Waals surface area (Å²) in [6.07, 6.45) is 5.76. The van der Waals surface area contributed by atoms with E-state index in [1.54, 1.807) is 17.0 Å². The van der Waals surface area contributed by atoms with Crippen LogP contribution in [0.3, 0.4) is 0 Å². The Hall–Kier alpha value is -1.85. The number of piperidine rings is 1. The van der Waals surface area contributed by atoms with Crippen LogP contribution in [0.1, 0.15) is 49.1 Å². The van der Waals surface area contributed by atoms with Crippen LogP contribution >= 0.6 is 0 Å². The van der Waals surface area contributed by atoms with Gasteiger partial charge in [-0.25, -0.2) is 4.39 Å². The lowest BCUT2D eigenvalue weighted by atomic mass is 9.78. The largest absolute Gasteiger partial charge is 0.459 e. The van der Waals surface area contributed by atoms with E-state index >= 15 is 0 Å². The minimum atomic E-state index is -1.62. The zero-order valence-corrected chi connectivity index (χ0v) is 13.8. The summed E-state index contributed by atoms with van der Waals surface area (Å²) in [5, 5.41) is 0. The van der Waals surface area contributed by atoms with Crippen LogP contribution in [0.2, 0.25) is 0 Å². The zero-order valence-electron chi connectivity index (χ0n) is 13.8. The van der Waals surface area contributed by atoms with Crippen LogP contribution in [0.25, 0.3) is 0 Å². The van der Waals surface area contributed by atoms with Crippen molar-refractivity contribution in [2.45, 2.75) is 44.2 Å². The number of rotatable bonds is 2. The zero-order chi connectivity index (χ0) is 16.8. The normalized spacial score (nSPS) is 28.9. The van der Waals surface area contributed by atoms with Crippen LogP contribution in [0.4, 0.5) is 4.39 Å². The molecule has 0 radical (unpaired) electrons. The molecule has 3 fully saturated rings. The van der Waals surface area contributed by atoms with Gasteiger partial charge in [0.1, 0.15) is 0 Å². The van der Waals surface area contributed by atoms with Crippen molar-refractivity contribution in [2.75, 3.05) is 26.2 Å². The molecule has 2 aliphatic heterocycles. The highest BCUT2D eigenvalue weighted by Crippen LogP contribution is 2.43. The average Bonchev–Trinajstić information content (AvgIpc) is 3.22. The highest BCUT2D eigenvalue weighted by Gasteiger charge is 2.51. The predicted octanol–water partition coefficient (Wildman–Crippen LogP) is 2.63. The van der Waals surface area contributed by atoms with Gasteiger partial charge in [-0.15, -0.1) is 0 Å². The number of hydrogen-bond acceptors (Lipinski definition) is 3. The standard InChI is InChI=1S/C18H23FN2O3/c19-18(6-2-7-18)16(23)21-10-8-17(13-21)5-3-9-20(12-17)15(22)14-4-1-11-24-14/h1,4,11H,2-3,5-10,12-13H2. The lowest BCUT2D eigenvalue weighted by Gasteiger charge is -2.41. The van der Waals surface area contributed by atoms with Crippen LogP contribution < -0.4 is 0 Å². The molecule has 24 heavy (non-hydrogen) atoms. The third-order valence-electron chi connectivity index (χ3n) is 5.94. The van der Waals surface area contributed by atoms with Crippen molar-refractivity contribution in [1.82, 2.24) is 9.80 Å². The van der Waals surface area contributed by atoms with Gasteiger partial charge in [0.05, 0.1) is 6.26 Å². The number of carbonyl (C=O) groups is 2. The Kier molecular flexibility index (Phi) is 3.66. The third kappa shape index (κ3) is 2.52. The second kappa shape index (κ2) is 5.60. The molecular weight excluding hydrogens is 311 g/mol. The summed E-state index contributed by atoms with van der Waals surface area (Å²) in [4.78, 5) is 28.5. The van der Waals surface area contributed by atoms with Crippen molar-refractivity contribution in [2.24, 2.45) is 5.41 Å². The molecule has 2 amide bonds. The highest BCUT2D eigenvalue weighted by molar-refractivity contribution is 5.91. The number of amides is 2. The first-order valence-corrected chi connectivity index (χ1v) is 8.83. The summed E-state index contributed by atoms with van der Waals surface area (Å²) >= 11 is 0. The van der Waals surface area contributed by atoms with Crippen molar-refractivity contribution in [3.63, 3.8) is 0 Å². The quantitative estimate of drug-likeness (QED) is 0.835. The average molecular weight is 334 g/mol. The van der Waals surface area contributed by atoms with E-state index in [1.165, 1.54) is 6.26 Å². The second-order valence-electron chi connectivity index (χ2n) is 7.60. The van der Waals surface area contributed by atoms with Gasteiger partial charge in [0.15, 0.2) is 11.4 Å². The highest BCUT2D eigenvalue weighted by atomic mass is 19.1. The number of halogens is 1. The number of carbonyl (C=O) groups excluding carboxylic acids is 2. The second-order valence-corrected chi connectivity index (χ2v) is 7.60. The number of hydrogen-bond donors (Lipinski definition) is 0. The van der Waals surface area contributed by atoms with E-state index in [2.05, 4.69) is 0 Å². The molecule has 1 unspecified atom stereocenters. The Morgan fingerprint density at radius 1 is 1.04 bits per heavy atom. The van der Waals surface area contributed by atoms with Crippen LogP contribution in [0.15, 0.2) is 22.8 Å². The van der Waals surface area contributed by atoms with E-state index < -0.39 is 5.67 Å². The van der Waals surface area contributed by atoms with Gasteiger partial charge in [-0.2, -0.15) is 0 Å². The third-order valence-corrected chi connectivity index (χ3v) is 5.94. The maximum absolute atomic E-state index is 14.4. The summed E-state index contributed by atoms with van der Waals surface area (Å²) in [7, 11) is 0. The molecule has 0 aromatic carbocycles. The van der Waals surface area contributed by atoms with Gasteiger partial charge >= 0.3 is 0 Å². The molecule has 4 rings (SSSR count). The fourth-order valence-electron chi connectivity index (χ4n) is 4.36. The summed E-state index contributed by atoms with van der Waals surface area (Å²) in [5.74, 6) is -0.0694. The van der Waals surface area contributed by atoms with Gasteiger partial charge in [0.25, 0.3) is 11.8 Å². The summed E-state index contributed by atoms with van der Waals surface area (Å²) in [5.41, 5.74) is -1.71. The van der Waals surface area contributed by atoms with E-state index in [0.29, 0.717) is 44.8 Å². The van der Waals surface area contributed by atoms with E-state index in [-0.39, 0.29) is 17.2 Å². The maximum atomic E-state index is 14.4. The molecule has 1 aromatic rings. The Bertz CT molecular complexity index is 641. The van der Waals surface area contributed by atoms with Crippen molar-refractivity contribution in [3.8, 4) is 0 Å². The number of alkyl halides is 1. The van der Waals surface area contributed by atoms with Crippen LogP contribution in [-0.4, -0.2) is 53.5 Å². The maximum Gasteiger partial charge on any atom is 0.289 e. The van der Waals surface area contributed by atoms with E-state index in [1.807, 2.05) is 4.90 Å². The fraction of sp³-hybridized carbons (Fsp3) is 0.667. The minimum Gasteiger partial charge on any atom is -0.459 e. The molecule has 3 heterocycles. The van der Waals surface area contributed by atoms with E-state index in [9.17, 15) is 14.0 Å². The summed E-state index contributed by atoms with van der Waals surface area (Å²) in [6, 6.07) is 3.39. The van der Waals surface area contributed by atoms with Crippen molar-refractivity contribution in [3.05, 3.63) is 24.2 Å². The molecule has 130 valence electrons. The summed E-state index contributed by atoms with van der Waals surface area (Å²) in [6.45, 7) is 2.50. The van der Waals surface area contributed by atoms with Crippen LogP contribution in [0, 0.1) is 5.41 Å². The Morgan fingerprint density at radius 3 is 2.50 bits per heavy atom. The molecule has 1 aromatic heterocycles. The van der Waals surface area contributed by atoms with Crippen molar-refractivity contribution < 1.29 is 18.4 Å². The van der Waals surface area contributed by atoms with Gasteiger partial charge in [0.2, 0.25) is 0 Å². The van der Waals surface area contributed by atoms with Gasteiger partial charge < -0.3 is 14.2 Å². The predicted molar refractivity (Wildman–Crippen MR) is 85.2 cm³/mol. The molecule has 2 saturated heterocycles. The molecule has 0 bridgehead atoms. The van der Waals surface area contributed by atoms with Gasteiger partial charge in [-0.05, 0) is 50.7 Å². The minimum absolute atomic E-state index is 0.0870. The molecule has 6 heteroatoms. The SMILES string of the molecule is O=C(c1ccco1)N1CCCC2(CCN(C(=O)C3(F)CCC3)C2)C1. The molecule has 1 atom stereocenters. The topological polar surface area (TPSA) is 53.8 Å². The Morgan fingerprint density at radius 2 is 1.83 bits per heavy atom. The van der Waals surface area contributed by atoms with Gasteiger partial charge in [-0.1, -0.05) is 0 Å². The molecule has 1 aliphatic carbocycles. The molecule has 1 saturated carbocycles. The molecule has 3 aliphatic rings. The van der Waals surface area contributed by atoms with E-state index in [4.69, 9.17) is 4.42 Å². The van der Waals surface area contributed by atoms with Gasteiger partial charge in [-0.3, -0.25) is 9.59 Å². The smallest absolute Gasteiger partial charge is 0.289 e. The Balaban J connectivity index is 1.44.